The second-order valence-corrected chi connectivity index (χ2v) is 5.66. The summed E-state index contributed by atoms with van der Waals surface area (Å²) in [6.45, 7) is 5.71. The van der Waals surface area contributed by atoms with Crippen molar-refractivity contribution < 1.29 is 4.74 Å². The summed E-state index contributed by atoms with van der Waals surface area (Å²) in [5, 5.41) is 0. The molecular weight excluding hydrogens is 222 g/mol. The van der Waals surface area contributed by atoms with Crippen molar-refractivity contribution in [2.24, 2.45) is 5.73 Å². The van der Waals surface area contributed by atoms with Crippen LogP contribution in [0.1, 0.15) is 44.2 Å². The highest BCUT2D eigenvalue weighted by Gasteiger charge is 2.34. The molecule has 2 N–H and O–H groups in total. The monoisotopic (exact) mass is 247 g/mol. The molecule has 0 amide bonds. The van der Waals surface area contributed by atoms with Gasteiger partial charge in [0.25, 0.3) is 0 Å². The zero-order valence-corrected chi connectivity index (χ0v) is 11.6. The van der Waals surface area contributed by atoms with E-state index in [1.165, 1.54) is 30.4 Å². The van der Waals surface area contributed by atoms with Crippen molar-refractivity contribution in [2.75, 3.05) is 13.2 Å². The predicted octanol–water partition coefficient (Wildman–Crippen LogP) is 3.03. The van der Waals surface area contributed by atoms with Crippen LogP contribution in [0.5, 0.6) is 0 Å². The Morgan fingerprint density at radius 3 is 2.83 bits per heavy atom. The van der Waals surface area contributed by atoms with E-state index in [2.05, 4.69) is 38.1 Å². The third-order valence-electron chi connectivity index (χ3n) is 4.11. The van der Waals surface area contributed by atoms with E-state index in [9.17, 15) is 0 Å². The van der Waals surface area contributed by atoms with Gasteiger partial charge in [0, 0.05) is 18.6 Å². The highest BCUT2D eigenvalue weighted by Crippen LogP contribution is 2.39. The minimum absolute atomic E-state index is 0.143. The van der Waals surface area contributed by atoms with E-state index in [4.69, 9.17) is 10.5 Å². The van der Waals surface area contributed by atoms with E-state index in [-0.39, 0.29) is 5.41 Å². The molecule has 1 aliphatic carbocycles. The molecular formula is C16H25NO. The van der Waals surface area contributed by atoms with Crippen molar-refractivity contribution in [3.05, 3.63) is 35.4 Å². The van der Waals surface area contributed by atoms with E-state index in [1.807, 2.05) is 0 Å². The van der Waals surface area contributed by atoms with Crippen LogP contribution in [-0.4, -0.2) is 19.3 Å². The van der Waals surface area contributed by atoms with Gasteiger partial charge in [-0.15, -0.1) is 0 Å². The molecule has 2 rings (SSSR count). The Labute approximate surface area is 111 Å². The van der Waals surface area contributed by atoms with Crippen LogP contribution >= 0.6 is 0 Å². The number of benzene rings is 1. The summed E-state index contributed by atoms with van der Waals surface area (Å²) in [7, 11) is 0. The van der Waals surface area contributed by atoms with Crippen molar-refractivity contribution in [1.29, 1.82) is 0 Å². The summed E-state index contributed by atoms with van der Waals surface area (Å²) < 4.78 is 5.73. The Morgan fingerprint density at radius 1 is 1.33 bits per heavy atom. The highest BCUT2D eigenvalue weighted by molar-refractivity contribution is 5.37. The number of ether oxygens (including phenoxy) is 1. The SMILES string of the molecule is CC(C)OCCC1(CN)CCCc2ccccc21. The lowest BCUT2D eigenvalue weighted by Gasteiger charge is -2.38. The van der Waals surface area contributed by atoms with Gasteiger partial charge in [0.05, 0.1) is 6.10 Å². The molecule has 0 fully saturated rings. The second kappa shape index (κ2) is 5.85. The molecule has 2 heteroatoms. The third-order valence-corrected chi connectivity index (χ3v) is 4.11. The number of hydrogen-bond donors (Lipinski definition) is 1. The van der Waals surface area contributed by atoms with Crippen LogP contribution in [-0.2, 0) is 16.6 Å². The summed E-state index contributed by atoms with van der Waals surface area (Å²) in [6.07, 6.45) is 4.98. The van der Waals surface area contributed by atoms with Gasteiger partial charge >= 0.3 is 0 Å². The molecule has 0 saturated heterocycles. The summed E-state index contributed by atoms with van der Waals surface area (Å²) in [6, 6.07) is 8.78. The van der Waals surface area contributed by atoms with Crippen LogP contribution in [0.2, 0.25) is 0 Å². The topological polar surface area (TPSA) is 35.2 Å². The molecule has 0 aliphatic heterocycles. The molecule has 0 heterocycles. The summed E-state index contributed by atoms with van der Waals surface area (Å²) in [4.78, 5) is 0. The maximum Gasteiger partial charge on any atom is 0.0518 e. The average Bonchev–Trinajstić information content (AvgIpc) is 2.38. The van der Waals surface area contributed by atoms with Crippen molar-refractivity contribution in [2.45, 2.75) is 51.0 Å². The zero-order valence-electron chi connectivity index (χ0n) is 11.6. The average molecular weight is 247 g/mol. The first-order valence-corrected chi connectivity index (χ1v) is 7.08. The normalized spacial score (nSPS) is 23.1. The quantitative estimate of drug-likeness (QED) is 0.868. The lowest BCUT2D eigenvalue weighted by molar-refractivity contribution is 0.0622. The first-order chi connectivity index (χ1) is 8.68. The first kappa shape index (κ1) is 13.6. The molecule has 1 aromatic carbocycles. The Morgan fingerprint density at radius 2 is 2.11 bits per heavy atom. The van der Waals surface area contributed by atoms with Crippen LogP contribution in [0, 0.1) is 0 Å². The molecule has 0 aromatic heterocycles. The van der Waals surface area contributed by atoms with Gasteiger partial charge in [-0.25, -0.2) is 0 Å². The molecule has 1 unspecified atom stereocenters. The van der Waals surface area contributed by atoms with Gasteiger partial charge in [0.1, 0.15) is 0 Å². The molecule has 0 spiro atoms. The number of rotatable bonds is 5. The van der Waals surface area contributed by atoms with Gasteiger partial charge in [0.15, 0.2) is 0 Å². The van der Waals surface area contributed by atoms with Crippen LogP contribution < -0.4 is 5.73 Å². The van der Waals surface area contributed by atoms with Gasteiger partial charge in [-0.05, 0) is 50.7 Å². The number of hydrogen-bond acceptors (Lipinski definition) is 2. The Balaban J connectivity index is 2.17. The summed E-state index contributed by atoms with van der Waals surface area (Å²) in [5.74, 6) is 0. The highest BCUT2D eigenvalue weighted by atomic mass is 16.5. The zero-order chi connectivity index (χ0) is 13.0. The molecule has 0 bridgehead atoms. The number of aryl methyl sites for hydroxylation is 1. The largest absolute Gasteiger partial charge is 0.379 e. The third kappa shape index (κ3) is 2.76. The molecule has 1 aromatic rings. The maximum absolute atomic E-state index is 6.11. The summed E-state index contributed by atoms with van der Waals surface area (Å²) in [5.41, 5.74) is 9.21. The van der Waals surface area contributed by atoms with Gasteiger partial charge in [0.2, 0.25) is 0 Å². The van der Waals surface area contributed by atoms with Crippen LogP contribution in [0.15, 0.2) is 24.3 Å². The molecule has 0 radical (unpaired) electrons. The van der Waals surface area contributed by atoms with E-state index in [1.54, 1.807) is 0 Å². The molecule has 0 saturated carbocycles. The van der Waals surface area contributed by atoms with Crippen molar-refractivity contribution >= 4 is 0 Å². The number of fused-ring (bicyclic) bond motifs is 1. The van der Waals surface area contributed by atoms with Gasteiger partial charge in [-0.2, -0.15) is 0 Å². The molecule has 100 valence electrons. The van der Waals surface area contributed by atoms with Gasteiger partial charge in [-0.1, -0.05) is 24.3 Å². The van der Waals surface area contributed by atoms with Crippen molar-refractivity contribution in [3.63, 3.8) is 0 Å². The molecule has 18 heavy (non-hydrogen) atoms. The maximum atomic E-state index is 6.11. The fourth-order valence-electron chi connectivity index (χ4n) is 3.07. The lowest BCUT2D eigenvalue weighted by Crippen LogP contribution is -2.39. The fraction of sp³-hybridized carbons (Fsp3) is 0.625. The molecule has 1 atom stereocenters. The van der Waals surface area contributed by atoms with Gasteiger partial charge in [-0.3, -0.25) is 0 Å². The molecule has 1 aliphatic rings. The van der Waals surface area contributed by atoms with E-state index in [0.29, 0.717) is 6.10 Å². The number of nitrogens with two attached hydrogens (primary N) is 1. The van der Waals surface area contributed by atoms with E-state index >= 15 is 0 Å². The van der Waals surface area contributed by atoms with Crippen molar-refractivity contribution in [3.8, 4) is 0 Å². The molecule has 2 nitrogen and oxygen atoms in total. The Hall–Kier alpha value is -0.860. The summed E-state index contributed by atoms with van der Waals surface area (Å²) >= 11 is 0. The Kier molecular flexibility index (Phi) is 4.41. The van der Waals surface area contributed by atoms with Crippen LogP contribution in [0.25, 0.3) is 0 Å². The minimum atomic E-state index is 0.143. The minimum Gasteiger partial charge on any atom is -0.379 e. The second-order valence-electron chi connectivity index (χ2n) is 5.66. The lowest BCUT2D eigenvalue weighted by atomic mass is 9.68. The van der Waals surface area contributed by atoms with Crippen LogP contribution in [0.4, 0.5) is 0 Å². The van der Waals surface area contributed by atoms with Crippen LogP contribution in [0.3, 0.4) is 0 Å². The fourth-order valence-corrected chi connectivity index (χ4v) is 3.07. The van der Waals surface area contributed by atoms with Gasteiger partial charge < -0.3 is 10.5 Å². The van der Waals surface area contributed by atoms with E-state index in [0.717, 1.165) is 19.6 Å². The standard InChI is InChI=1S/C16H25NO/c1-13(2)18-11-10-16(12-17)9-5-7-14-6-3-4-8-15(14)16/h3-4,6,8,13H,5,7,9-12,17H2,1-2H3. The van der Waals surface area contributed by atoms with Crippen molar-refractivity contribution in [1.82, 2.24) is 0 Å². The smallest absolute Gasteiger partial charge is 0.0518 e. The van der Waals surface area contributed by atoms with E-state index < -0.39 is 0 Å². The predicted molar refractivity (Wildman–Crippen MR) is 75.8 cm³/mol. The first-order valence-electron chi connectivity index (χ1n) is 7.08. The Bertz CT molecular complexity index is 388.